The van der Waals surface area contributed by atoms with Gasteiger partial charge in [0.1, 0.15) is 0 Å². The molecular weight excluding hydrogens is 304 g/mol. The van der Waals surface area contributed by atoms with Gasteiger partial charge in [-0.3, -0.25) is 14.8 Å². The minimum Gasteiger partial charge on any atom is -0.323 e. The Morgan fingerprint density at radius 3 is 2.08 bits per heavy atom. The zero-order valence-electron chi connectivity index (χ0n) is 13.6. The van der Waals surface area contributed by atoms with Crippen LogP contribution in [-0.2, 0) is 9.59 Å². The van der Waals surface area contributed by atoms with E-state index < -0.39 is 11.8 Å². The van der Waals surface area contributed by atoms with Gasteiger partial charge in [0.05, 0.1) is 5.92 Å². The van der Waals surface area contributed by atoms with Crippen molar-refractivity contribution < 1.29 is 14.8 Å². The van der Waals surface area contributed by atoms with E-state index in [1.54, 1.807) is 29.7 Å². The molecule has 0 spiro atoms. The Morgan fingerprint density at radius 1 is 0.958 bits per heavy atom. The molecular formula is C19H20N2O3. The van der Waals surface area contributed by atoms with E-state index in [1.165, 1.54) is 6.08 Å². The van der Waals surface area contributed by atoms with Crippen molar-refractivity contribution in [3.05, 3.63) is 77.4 Å². The third-order valence-electron chi connectivity index (χ3n) is 3.44. The smallest absolute Gasteiger partial charge is 0.255 e. The van der Waals surface area contributed by atoms with Gasteiger partial charge >= 0.3 is 0 Å². The molecule has 3 N–H and O–H groups in total. The van der Waals surface area contributed by atoms with Crippen LogP contribution in [0.2, 0.25) is 0 Å². The highest BCUT2D eigenvalue weighted by atomic mass is 16.5. The molecule has 0 aliphatic heterocycles. The zero-order valence-corrected chi connectivity index (χ0v) is 13.6. The molecule has 0 fully saturated rings. The van der Waals surface area contributed by atoms with Crippen molar-refractivity contribution in [2.24, 2.45) is 0 Å². The molecule has 5 nitrogen and oxygen atoms in total. The Kier molecular flexibility index (Phi) is 5.87. The van der Waals surface area contributed by atoms with E-state index in [0.29, 0.717) is 11.3 Å². The Hall–Kier alpha value is -2.92. The van der Waals surface area contributed by atoms with Crippen molar-refractivity contribution in [3.63, 3.8) is 0 Å². The van der Waals surface area contributed by atoms with Crippen molar-refractivity contribution in [2.75, 3.05) is 5.32 Å². The van der Waals surface area contributed by atoms with E-state index in [4.69, 9.17) is 5.21 Å². The number of rotatable bonds is 5. The Morgan fingerprint density at radius 2 is 1.54 bits per heavy atom. The van der Waals surface area contributed by atoms with Gasteiger partial charge in [-0.15, -0.1) is 0 Å². The number of allylic oxidation sites excluding steroid dienone is 1. The first-order valence-corrected chi connectivity index (χ1v) is 7.56. The monoisotopic (exact) mass is 324 g/mol. The van der Waals surface area contributed by atoms with Gasteiger partial charge < -0.3 is 5.32 Å². The fourth-order valence-electron chi connectivity index (χ4n) is 2.40. The van der Waals surface area contributed by atoms with Crippen LogP contribution < -0.4 is 10.8 Å². The molecule has 0 aromatic heterocycles. The van der Waals surface area contributed by atoms with Crippen LogP contribution in [0.4, 0.5) is 5.69 Å². The summed E-state index contributed by atoms with van der Waals surface area (Å²) in [5.41, 5.74) is 4.75. The van der Waals surface area contributed by atoms with Gasteiger partial charge in [0, 0.05) is 11.8 Å². The van der Waals surface area contributed by atoms with E-state index in [-0.39, 0.29) is 5.91 Å². The maximum Gasteiger partial charge on any atom is 0.255 e. The van der Waals surface area contributed by atoms with Crippen LogP contribution >= 0.6 is 0 Å². The number of anilines is 1. The highest BCUT2D eigenvalue weighted by molar-refractivity contribution is 5.99. The summed E-state index contributed by atoms with van der Waals surface area (Å²) in [5.74, 6) is -1.34. The number of nitrogens with one attached hydrogen (secondary N) is 2. The summed E-state index contributed by atoms with van der Waals surface area (Å²) in [5, 5.41) is 11.8. The minimum atomic E-state index is -0.626. The summed E-state index contributed by atoms with van der Waals surface area (Å²) in [4.78, 5) is 23.8. The standard InChI is InChI=1S/C19H20N2O3/c1-13(2)12-17(22)20-16-10-8-15(9-11-16)18(19(23)21-24)14-6-4-3-5-7-14/h3-12,18,24H,1-2H3,(H,20,22)(H,21,23). The van der Waals surface area contributed by atoms with Gasteiger partial charge in [-0.05, 0) is 37.1 Å². The number of hydrogen-bond acceptors (Lipinski definition) is 3. The molecule has 124 valence electrons. The fourth-order valence-corrected chi connectivity index (χ4v) is 2.40. The molecule has 0 radical (unpaired) electrons. The summed E-state index contributed by atoms with van der Waals surface area (Å²) in [7, 11) is 0. The van der Waals surface area contributed by atoms with Crippen molar-refractivity contribution in [3.8, 4) is 0 Å². The highest BCUT2D eigenvalue weighted by Gasteiger charge is 2.22. The Labute approximate surface area is 141 Å². The largest absolute Gasteiger partial charge is 0.323 e. The molecule has 5 heteroatoms. The van der Waals surface area contributed by atoms with Crippen molar-refractivity contribution in [2.45, 2.75) is 19.8 Å². The topological polar surface area (TPSA) is 78.4 Å². The number of benzene rings is 2. The van der Waals surface area contributed by atoms with Crippen LogP contribution in [0.3, 0.4) is 0 Å². The Bertz CT molecular complexity index is 733. The number of carbonyl (C=O) groups is 2. The maximum absolute atomic E-state index is 12.1. The van der Waals surface area contributed by atoms with E-state index >= 15 is 0 Å². The van der Waals surface area contributed by atoms with Gasteiger partial charge in [0.2, 0.25) is 5.91 Å². The second kappa shape index (κ2) is 8.08. The van der Waals surface area contributed by atoms with Gasteiger partial charge in [-0.1, -0.05) is 48.0 Å². The van der Waals surface area contributed by atoms with E-state index in [9.17, 15) is 9.59 Å². The van der Waals surface area contributed by atoms with Crippen molar-refractivity contribution in [1.29, 1.82) is 0 Å². The van der Waals surface area contributed by atoms with Crippen LogP contribution in [0.5, 0.6) is 0 Å². The molecule has 2 aromatic carbocycles. The summed E-state index contributed by atoms with van der Waals surface area (Å²) in [6, 6.07) is 16.1. The Balaban J connectivity index is 2.25. The average molecular weight is 324 g/mol. The molecule has 0 saturated heterocycles. The molecule has 2 rings (SSSR count). The summed E-state index contributed by atoms with van der Waals surface area (Å²) < 4.78 is 0. The molecule has 0 heterocycles. The lowest BCUT2D eigenvalue weighted by Crippen LogP contribution is -2.27. The third kappa shape index (κ3) is 4.54. The number of carbonyl (C=O) groups excluding carboxylic acids is 2. The second-order valence-corrected chi connectivity index (χ2v) is 5.65. The molecule has 0 bridgehead atoms. The number of hydroxylamine groups is 1. The van der Waals surface area contributed by atoms with Gasteiger partial charge in [-0.2, -0.15) is 0 Å². The quantitative estimate of drug-likeness (QED) is 0.449. The van der Waals surface area contributed by atoms with Crippen LogP contribution in [0.25, 0.3) is 0 Å². The van der Waals surface area contributed by atoms with Crippen LogP contribution in [0, 0.1) is 0 Å². The molecule has 1 atom stereocenters. The molecule has 2 amide bonds. The molecule has 0 saturated carbocycles. The summed E-state index contributed by atoms with van der Waals surface area (Å²) in [6.07, 6.45) is 1.51. The highest BCUT2D eigenvalue weighted by Crippen LogP contribution is 2.26. The molecule has 0 aliphatic carbocycles. The van der Waals surface area contributed by atoms with E-state index in [0.717, 1.165) is 11.1 Å². The van der Waals surface area contributed by atoms with Gasteiger partial charge in [0.25, 0.3) is 5.91 Å². The fraction of sp³-hybridized carbons (Fsp3) is 0.158. The first kappa shape index (κ1) is 17.4. The summed E-state index contributed by atoms with van der Waals surface area (Å²) >= 11 is 0. The first-order chi connectivity index (χ1) is 11.5. The van der Waals surface area contributed by atoms with Crippen molar-refractivity contribution >= 4 is 17.5 Å². The second-order valence-electron chi connectivity index (χ2n) is 5.65. The maximum atomic E-state index is 12.1. The van der Waals surface area contributed by atoms with Gasteiger partial charge in [-0.25, -0.2) is 5.48 Å². The zero-order chi connectivity index (χ0) is 17.5. The molecule has 0 aliphatic rings. The first-order valence-electron chi connectivity index (χ1n) is 7.56. The van der Waals surface area contributed by atoms with E-state index in [1.807, 2.05) is 44.2 Å². The van der Waals surface area contributed by atoms with E-state index in [2.05, 4.69) is 5.32 Å². The number of hydrogen-bond donors (Lipinski definition) is 3. The summed E-state index contributed by atoms with van der Waals surface area (Å²) in [6.45, 7) is 3.70. The predicted molar refractivity (Wildman–Crippen MR) is 92.7 cm³/mol. The molecule has 2 aromatic rings. The lowest BCUT2D eigenvalue weighted by atomic mass is 9.90. The lowest BCUT2D eigenvalue weighted by Gasteiger charge is -2.16. The van der Waals surface area contributed by atoms with Crippen LogP contribution in [0.1, 0.15) is 30.9 Å². The minimum absolute atomic E-state index is 0.199. The normalized spacial score (nSPS) is 11.3. The van der Waals surface area contributed by atoms with Gasteiger partial charge in [0.15, 0.2) is 0 Å². The number of amides is 2. The lowest BCUT2D eigenvalue weighted by molar-refractivity contribution is -0.129. The van der Waals surface area contributed by atoms with Crippen LogP contribution in [0.15, 0.2) is 66.2 Å². The SMILES string of the molecule is CC(C)=CC(=O)Nc1ccc(C(C(=O)NO)c2ccccc2)cc1. The van der Waals surface area contributed by atoms with Crippen molar-refractivity contribution in [1.82, 2.24) is 5.48 Å². The average Bonchev–Trinajstić information content (AvgIpc) is 2.56. The predicted octanol–water partition coefficient (Wildman–Crippen LogP) is 3.23. The molecule has 24 heavy (non-hydrogen) atoms. The van der Waals surface area contributed by atoms with Crippen LogP contribution in [-0.4, -0.2) is 17.0 Å². The third-order valence-corrected chi connectivity index (χ3v) is 3.44. The molecule has 1 unspecified atom stereocenters.